The Kier molecular flexibility index (Phi) is 3.25. The summed E-state index contributed by atoms with van der Waals surface area (Å²) in [5.74, 6) is 1.63. The zero-order valence-corrected chi connectivity index (χ0v) is 7.66. The van der Waals surface area contributed by atoms with Gasteiger partial charge in [-0.1, -0.05) is 19.6 Å². The fourth-order valence-corrected chi connectivity index (χ4v) is 0.869. The summed E-state index contributed by atoms with van der Waals surface area (Å²) in [5, 5.41) is 0. The van der Waals surface area contributed by atoms with Gasteiger partial charge in [-0.25, -0.2) is 4.98 Å². The van der Waals surface area contributed by atoms with E-state index < -0.39 is 0 Å². The van der Waals surface area contributed by atoms with E-state index in [2.05, 4.69) is 16.5 Å². The summed E-state index contributed by atoms with van der Waals surface area (Å²) in [6.45, 7) is 5.94. The van der Waals surface area contributed by atoms with Crippen LogP contribution < -0.4 is 10.5 Å². The van der Waals surface area contributed by atoms with Crippen LogP contribution in [0.25, 0.3) is 0 Å². The van der Waals surface area contributed by atoms with Crippen molar-refractivity contribution in [2.75, 3.05) is 12.3 Å². The van der Waals surface area contributed by atoms with Crippen LogP contribution in [0, 0.1) is 0 Å². The Bertz CT molecular complexity index is 299. The summed E-state index contributed by atoms with van der Waals surface area (Å²) < 4.78 is 5.23. The van der Waals surface area contributed by atoms with Crippen LogP contribution in [0.15, 0.2) is 18.7 Å². The van der Waals surface area contributed by atoms with Gasteiger partial charge >= 0.3 is 0 Å². The zero-order chi connectivity index (χ0) is 9.68. The van der Waals surface area contributed by atoms with Crippen LogP contribution in [-0.4, -0.2) is 16.6 Å². The van der Waals surface area contributed by atoms with E-state index in [-0.39, 0.29) is 0 Å². The number of rotatable bonds is 4. The quantitative estimate of drug-likeness (QED) is 0.705. The first-order valence-electron chi connectivity index (χ1n) is 4.13. The summed E-state index contributed by atoms with van der Waals surface area (Å²) in [5.41, 5.74) is 5.55. The van der Waals surface area contributed by atoms with E-state index in [1.807, 2.05) is 6.92 Å². The van der Waals surface area contributed by atoms with Crippen molar-refractivity contribution in [1.82, 2.24) is 9.97 Å². The fraction of sp³-hybridized carbons (Fsp3) is 0.333. The summed E-state index contributed by atoms with van der Waals surface area (Å²) in [7, 11) is 0. The number of aryl methyl sites for hydroxylation is 1. The topological polar surface area (TPSA) is 61.0 Å². The zero-order valence-electron chi connectivity index (χ0n) is 7.66. The second-order valence-electron chi connectivity index (χ2n) is 2.50. The van der Waals surface area contributed by atoms with Crippen LogP contribution in [0.3, 0.4) is 0 Å². The molecule has 1 aromatic heterocycles. The maximum atomic E-state index is 5.55. The third kappa shape index (κ3) is 2.74. The molecule has 1 aromatic rings. The molecule has 0 aliphatic carbocycles. The molecule has 1 rings (SSSR count). The van der Waals surface area contributed by atoms with Gasteiger partial charge in [-0.15, -0.1) is 0 Å². The Balaban J connectivity index is 2.81. The summed E-state index contributed by atoms with van der Waals surface area (Å²) in [6, 6.07) is 1.60. The molecule has 0 aromatic carbocycles. The maximum Gasteiger partial charge on any atom is 0.219 e. The maximum absolute atomic E-state index is 5.55. The molecule has 0 aliphatic heterocycles. The summed E-state index contributed by atoms with van der Waals surface area (Å²) in [4.78, 5) is 8.15. The highest BCUT2D eigenvalue weighted by molar-refractivity contribution is 5.32. The highest BCUT2D eigenvalue weighted by atomic mass is 16.5. The molecular weight excluding hydrogens is 166 g/mol. The van der Waals surface area contributed by atoms with Crippen molar-refractivity contribution in [3.05, 3.63) is 24.5 Å². The van der Waals surface area contributed by atoms with Crippen LogP contribution in [0.1, 0.15) is 12.7 Å². The van der Waals surface area contributed by atoms with E-state index in [9.17, 15) is 0 Å². The van der Waals surface area contributed by atoms with Crippen molar-refractivity contribution in [2.24, 2.45) is 0 Å². The molecule has 4 nitrogen and oxygen atoms in total. The summed E-state index contributed by atoms with van der Waals surface area (Å²) >= 11 is 0. The van der Waals surface area contributed by atoms with E-state index in [0.29, 0.717) is 24.1 Å². The van der Waals surface area contributed by atoms with E-state index in [4.69, 9.17) is 10.5 Å². The van der Waals surface area contributed by atoms with Gasteiger partial charge in [0.05, 0.1) is 0 Å². The fourth-order valence-electron chi connectivity index (χ4n) is 0.869. The van der Waals surface area contributed by atoms with Crippen molar-refractivity contribution in [3.63, 3.8) is 0 Å². The summed E-state index contributed by atoms with van der Waals surface area (Å²) in [6.07, 6.45) is 2.40. The molecule has 0 saturated carbocycles. The first-order valence-corrected chi connectivity index (χ1v) is 4.13. The normalized spacial score (nSPS) is 9.62. The van der Waals surface area contributed by atoms with E-state index in [1.54, 1.807) is 12.1 Å². The lowest BCUT2D eigenvalue weighted by Gasteiger charge is -2.04. The van der Waals surface area contributed by atoms with Crippen LogP contribution in [0.4, 0.5) is 5.82 Å². The monoisotopic (exact) mass is 179 g/mol. The Morgan fingerprint density at radius 1 is 1.62 bits per heavy atom. The van der Waals surface area contributed by atoms with Gasteiger partial charge in [-0.3, -0.25) is 0 Å². The van der Waals surface area contributed by atoms with Gasteiger partial charge in [-0.2, -0.15) is 4.98 Å². The van der Waals surface area contributed by atoms with Gasteiger partial charge in [0.25, 0.3) is 0 Å². The molecule has 0 atom stereocenters. The number of ether oxygens (including phenoxy) is 1. The largest absolute Gasteiger partial charge is 0.473 e. The van der Waals surface area contributed by atoms with Crippen LogP contribution in [-0.2, 0) is 6.42 Å². The van der Waals surface area contributed by atoms with Gasteiger partial charge in [0.15, 0.2) is 0 Å². The molecule has 0 spiro atoms. The minimum Gasteiger partial charge on any atom is -0.473 e. The van der Waals surface area contributed by atoms with Crippen LogP contribution in [0.5, 0.6) is 5.88 Å². The molecule has 4 heteroatoms. The van der Waals surface area contributed by atoms with Crippen molar-refractivity contribution in [3.8, 4) is 5.88 Å². The Labute approximate surface area is 77.5 Å². The predicted molar refractivity (Wildman–Crippen MR) is 51.5 cm³/mol. The Morgan fingerprint density at radius 3 is 3.00 bits per heavy atom. The number of aromatic nitrogens is 2. The first kappa shape index (κ1) is 9.51. The second-order valence-corrected chi connectivity index (χ2v) is 2.50. The minimum absolute atomic E-state index is 0.430. The molecule has 0 radical (unpaired) electrons. The van der Waals surface area contributed by atoms with Crippen molar-refractivity contribution >= 4 is 5.82 Å². The smallest absolute Gasteiger partial charge is 0.219 e. The van der Waals surface area contributed by atoms with E-state index >= 15 is 0 Å². The number of nitrogens with zero attached hydrogens (tertiary/aromatic N) is 2. The lowest BCUT2D eigenvalue weighted by molar-refractivity contribution is 0.347. The molecule has 0 bridgehead atoms. The second kappa shape index (κ2) is 4.45. The number of nitrogen functional groups attached to an aromatic ring is 1. The molecule has 0 amide bonds. The molecule has 1 heterocycles. The SMILES string of the molecule is C=CCOc1cc(N)nc(CC)n1. The molecule has 2 N–H and O–H groups in total. The average Bonchev–Trinajstić information content (AvgIpc) is 2.14. The molecular formula is C9H13N3O. The van der Waals surface area contributed by atoms with Crippen molar-refractivity contribution in [1.29, 1.82) is 0 Å². The highest BCUT2D eigenvalue weighted by Gasteiger charge is 2.00. The Hall–Kier alpha value is -1.58. The molecule has 13 heavy (non-hydrogen) atoms. The van der Waals surface area contributed by atoms with Gasteiger partial charge in [0.2, 0.25) is 5.88 Å². The predicted octanol–water partition coefficient (Wildman–Crippen LogP) is 1.19. The van der Waals surface area contributed by atoms with Crippen LogP contribution in [0.2, 0.25) is 0 Å². The van der Waals surface area contributed by atoms with Gasteiger partial charge in [0.1, 0.15) is 18.2 Å². The van der Waals surface area contributed by atoms with Crippen molar-refractivity contribution in [2.45, 2.75) is 13.3 Å². The van der Waals surface area contributed by atoms with Gasteiger partial charge in [-0.05, 0) is 0 Å². The highest BCUT2D eigenvalue weighted by Crippen LogP contribution is 2.10. The molecule has 0 fully saturated rings. The molecule has 0 saturated heterocycles. The lowest BCUT2D eigenvalue weighted by atomic mass is 10.4. The number of anilines is 1. The third-order valence-corrected chi connectivity index (χ3v) is 1.43. The molecule has 70 valence electrons. The number of hydrogen-bond donors (Lipinski definition) is 1. The number of hydrogen-bond acceptors (Lipinski definition) is 4. The van der Waals surface area contributed by atoms with Crippen LogP contribution >= 0.6 is 0 Å². The van der Waals surface area contributed by atoms with E-state index in [1.165, 1.54) is 0 Å². The average molecular weight is 179 g/mol. The third-order valence-electron chi connectivity index (χ3n) is 1.43. The minimum atomic E-state index is 0.430. The molecule has 0 unspecified atom stereocenters. The Morgan fingerprint density at radius 2 is 2.38 bits per heavy atom. The first-order chi connectivity index (χ1) is 6.26. The number of nitrogens with two attached hydrogens (primary N) is 1. The standard InChI is InChI=1S/C9H13N3O/c1-3-5-13-9-6-7(10)11-8(4-2)12-9/h3,6H,1,4-5H2,2H3,(H2,10,11,12). The van der Waals surface area contributed by atoms with Crippen molar-refractivity contribution < 1.29 is 4.74 Å². The van der Waals surface area contributed by atoms with Gasteiger partial charge < -0.3 is 10.5 Å². The van der Waals surface area contributed by atoms with Gasteiger partial charge in [0, 0.05) is 12.5 Å². The lowest BCUT2D eigenvalue weighted by Crippen LogP contribution is -2.02. The molecule has 0 aliphatic rings. The van der Waals surface area contributed by atoms with E-state index in [0.717, 1.165) is 6.42 Å².